The Morgan fingerprint density at radius 3 is 2.79 bits per heavy atom. The SMILES string of the molecule is [B]C1OC2(COC)C(C)CC1C2OC. The lowest BCUT2D eigenvalue weighted by Crippen LogP contribution is -2.47. The Labute approximate surface area is 86.5 Å². The molecule has 78 valence electrons. The van der Waals surface area contributed by atoms with Crippen LogP contribution in [0.5, 0.6) is 0 Å². The van der Waals surface area contributed by atoms with E-state index in [1.807, 2.05) is 0 Å². The summed E-state index contributed by atoms with van der Waals surface area (Å²) in [7, 11) is 9.32. The van der Waals surface area contributed by atoms with E-state index in [4.69, 9.17) is 22.1 Å². The van der Waals surface area contributed by atoms with E-state index in [2.05, 4.69) is 6.92 Å². The summed E-state index contributed by atoms with van der Waals surface area (Å²) >= 11 is 0. The molecule has 0 aromatic heterocycles. The normalized spacial score (nSPS) is 51.4. The minimum atomic E-state index is -0.312. The summed E-state index contributed by atoms with van der Waals surface area (Å²) in [6.07, 6.45) is 1.16. The van der Waals surface area contributed by atoms with E-state index in [0.717, 1.165) is 6.42 Å². The van der Waals surface area contributed by atoms with Gasteiger partial charge in [-0.25, -0.2) is 0 Å². The molecule has 1 aliphatic heterocycles. The lowest BCUT2D eigenvalue weighted by atomic mass is 9.84. The molecule has 1 saturated carbocycles. The minimum absolute atomic E-state index is 0.0902. The summed E-state index contributed by atoms with van der Waals surface area (Å²) in [6.45, 7) is 2.74. The van der Waals surface area contributed by atoms with Crippen LogP contribution in [0.2, 0.25) is 0 Å². The zero-order valence-electron chi connectivity index (χ0n) is 9.03. The quantitative estimate of drug-likeness (QED) is 0.617. The van der Waals surface area contributed by atoms with Crippen molar-refractivity contribution >= 4 is 7.85 Å². The average molecular weight is 196 g/mol. The van der Waals surface area contributed by atoms with Crippen molar-refractivity contribution in [2.24, 2.45) is 11.8 Å². The number of hydrogen-bond donors (Lipinski definition) is 0. The molecule has 3 nitrogen and oxygen atoms in total. The van der Waals surface area contributed by atoms with Gasteiger partial charge in [0.15, 0.2) is 0 Å². The van der Waals surface area contributed by atoms with Crippen molar-refractivity contribution in [2.45, 2.75) is 31.1 Å². The van der Waals surface area contributed by atoms with Gasteiger partial charge in [0.2, 0.25) is 0 Å². The predicted molar refractivity (Wildman–Crippen MR) is 53.3 cm³/mol. The van der Waals surface area contributed by atoms with Crippen molar-refractivity contribution in [1.82, 2.24) is 0 Å². The van der Waals surface area contributed by atoms with Gasteiger partial charge in [0.05, 0.1) is 12.7 Å². The van der Waals surface area contributed by atoms with Crippen molar-refractivity contribution in [3.8, 4) is 0 Å². The highest BCUT2D eigenvalue weighted by molar-refractivity contribution is 6.11. The molecule has 0 amide bonds. The third-order valence-corrected chi connectivity index (χ3v) is 3.73. The van der Waals surface area contributed by atoms with E-state index < -0.39 is 0 Å². The van der Waals surface area contributed by atoms with Crippen LogP contribution in [-0.2, 0) is 14.2 Å². The molecule has 0 aromatic rings. The predicted octanol–water partition coefficient (Wildman–Crippen LogP) is 0.567. The lowest BCUT2D eigenvalue weighted by molar-refractivity contribution is -0.139. The molecular formula is C10H17BO3. The molecule has 2 fully saturated rings. The fraction of sp³-hybridized carbons (Fsp3) is 1.00. The van der Waals surface area contributed by atoms with Gasteiger partial charge in [-0.1, -0.05) is 6.92 Å². The maximum atomic E-state index is 5.91. The van der Waals surface area contributed by atoms with Gasteiger partial charge >= 0.3 is 0 Å². The van der Waals surface area contributed by atoms with Gasteiger partial charge in [-0.15, -0.1) is 0 Å². The molecule has 1 saturated heterocycles. The third-order valence-electron chi connectivity index (χ3n) is 3.73. The van der Waals surface area contributed by atoms with E-state index in [-0.39, 0.29) is 17.7 Å². The largest absolute Gasteiger partial charge is 0.382 e. The first-order valence-electron chi connectivity index (χ1n) is 5.11. The van der Waals surface area contributed by atoms with Crippen LogP contribution in [0.15, 0.2) is 0 Å². The number of hydrogen-bond acceptors (Lipinski definition) is 3. The van der Waals surface area contributed by atoms with Crippen molar-refractivity contribution in [3.05, 3.63) is 0 Å². The summed E-state index contributed by atoms with van der Waals surface area (Å²) in [5.41, 5.74) is -0.312. The van der Waals surface area contributed by atoms with Crippen LogP contribution < -0.4 is 0 Å². The number of fused-ring (bicyclic) bond motifs is 2. The van der Waals surface area contributed by atoms with Gasteiger partial charge < -0.3 is 14.2 Å². The molecule has 1 aliphatic carbocycles. The maximum Gasteiger partial charge on any atom is 0.120 e. The van der Waals surface area contributed by atoms with E-state index in [1.54, 1.807) is 14.2 Å². The molecule has 2 radical (unpaired) electrons. The molecule has 14 heavy (non-hydrogen) atoms. The van der Waals surface area contributed by atoms with Crippen LogP contribution in [0.3, 0.4) is 0 Å². The van der Waals surface area contributed by atoms with Crippen LogP contribution in [0, 0.1) is 11.8 Å². The van der Waals surface area contributed by atoms with E-state index in [9.17, 15) is 0 Å². The summed E-state index contributed by atoms with van der Waals surface area (Å²) in [4.78, 5) is 0. The van der Waals surface area contributed by atoms with Crippen molar-refractivity contribution in [3.63, 3.8) is 0 Å². The first-order chi connectivity index (χ1) is 6.65. The first kappa shape index (κ1) is 10.5. The second-order valence-corrected chi connectivity index (χ2v) is 4.43. The molecule has 0 spiro atoms. The second-order valence-electron chi connectivity index (χ2n) is 4.43. The van der Waals surface area contributed by atoms with Gasteiger partial charge in [-0.3, -0.25) is 0 Å². The van der Waals surface area contributed by atoms with Crippen LogP contribution in [0.4, 0.5) is 0 Å². The third kappa shape index (κ3) is 1.17. The zero-order chi connectivity index (χ0) is 10.3. The standard InChI is InChI=1S/C10H17BO3/c1-6-4-7-8(13-3)10(6,5-12-2)14-9(7)11/h6-9H,4-5H2,1-3H3. The second kappa shape index (κ2) is 3.51. The topological polar surface area (TPSA) is 27.7 Å². The molecule has 2 aliphatic rings. The van der Waals surface area contributed by atoms with Gasteiger partial charge in [0, 0.05) is 26.1 Å². The van der Waals surface area contributed by atoms with Crippen LogP contribution in [0.1, 0.15) is 13.3 Å². The van der Waals surface area contributed by atoms with Crippen molar-refractivity contribution < 1.29 is 14.2 Å². The molecule has 5 unspecified atom stereocenters. The average Bonchev–Trinajstić information content (AvgIpc) is 2.54. The van der Waals surface area contributed by atoms with Crippen molar-refractivity contribution in [2.75, 3.05) is 20.8 Å². The van der Waals surface area contributed by atoms with Crippen molar-refractivity contribution in [1.29, 1.82) is 0 Å². The molecule has 2 bridgehead atoms. The van der Waals surface area contributed by atoms with Gasteiger partial charge in [0.25, 0.3) is 0 Å². The van der Waals surface area contributed by atoms with Crippen LogP contribution in [0.25, 0.3) is 0 Å². The van der Waals surface area contributed by atoms with Gasteiger partial charge in [-0.2, -0.15) is 0 Å². The number of rotatable bonds is 3. The highest BCUT2D eigenvalue weighted by Crippen LogP contribution is 2.52. The summed E-state index contributed by atoms with van der Waals surface area (Å²) < 4.78 is 16.6. The van der Waals surface area contributed by atoms with E-state index >= 15 is 0 Å². The zero-order valence-corrected chi connectivity index (χ0v) is 9.03. The summed E-state index contributed by atoms with van der Waals surface area (Å²) in [5.74, 6) is 0.780. The Morgan fingerprint density at radius 1 is 1.50 bits per heavy atom. The Hall–Kier alpha value is -0.0551. The highest BCUT2D eigenvalue weighted by atomic mass is 16.6. The molecule has 0 aromatic carbocycles. The Morgan fingerprint density at radius 2 is 2.21 bits per heavy atom. The fourth-order valence-electron chi connectivity index (χ4n) is 3.06. The fourth-order valence-corrected chi connectivity index (χ4v) is 3.06. The lowest BCUT2D eigenvalue weighted by Gasteiger charge is -2.36. The van der Waals surface area contributed by atoms with Crippen LogP contribution in [-0.4, -0.2) is 46.4 Å². The monoisotopic (exact) mass is 196 g/mol. The molecular weight excluding hydrogens is 179 g/mol. The molecule has 2 rings (SSSR count). The van der Waals surface area contributed by atoms with Gasteiger partial charge in [0.1, 0.15) is 13.4 Å². The molecule has 4 heteroatoms. The summed E-state index contributed by atoms with van der Waals surface area (Å²) in [6, 6.07) is -0.189. The molecule has 1 heterocycles. The van der Waals surface area contributed by atoms with E-state index in [0.29, 0.717) is 18.4 Å². The summed E-state index contributed by atoms with van der Waals surface area (Å²) in [5, 5.41) is 0. The van der Waals surface area contributed by atoms with Crippen LogP contribution >= 0.6 is 0 Å². The maximum absolute atomic E-state index is 5.91. The molecule has 5 atom stereocenters. The minimum Gasteiger partial charge on any atom is -0.382 e. The van der Waals surface area contributed by atoms with E-state index in [1.165, 1.54) is 0 Å². The number of ether oxygens (including phenoxy) is 3. The number of methoxy groups -OCH3 is 2. The Balaban J connectivity index is 2.25. The smallest absolute Gasteiger partial charge is 0.120 e. The highest BCUT2D eigenvalue weighted by Gasteiger charge is 2.62. The Bertz CT molecular complexity index is 223. The first-order valence-corrected chi connectivity index (χ1v) is 5.11. The Kier molecular flexibility index (Phi) is 2.62. The molecule has 0 N–H and O–H groups in total. The van der Waals surface area contributed by atoms with Gasteiger partial charge in [-0.05, 0) is 12.3 Å².